The van der Waals surface area contributed by atoms with Gasteiger partial charge in [0.15, 0.2) is 0 Å². The molecule has 28 heavy (non-hydrogen) atoms. The number of aliphatic carboxylic acids is 1. The molecule has 0 spiro atoms. The van der Waals surface area contributed by atoms with E-state index in [-0.39, 0.29) is 6.09 Å². The maximum atomic E-state index is 12.4. The second-order valence-electron chi connectivity index (χ2n) is 8.20. The number of amides is 1. The van der Waals surface area contributed by atoms with Gasteiger partial charge in [0.25, 0.3) is 0 Å². The van der Waals surface area contributed by atoms with E-state index in [1.165, 1.54) is 0 Å². The number of fused-ring (bicyclic) bond motifs is 1. The van der Waals surface area contributed by atoms with Crippen LogP contribution in [0.25, 0.3) is 10.8 Å². The Morgan fingerprint density at radius 1 is 1.00 bits per heavy atom. The third kappa shape index (κ3) is 4.81. The summed E-state index contributed by atoms with van der Waals surface area (Å²) in [5.74, 6) is -0.874. The molecule has 0 aliphatic carbocycles. The van der Waals surface area contributed by atoms with E-state index in [1.807, 2.05) is 68.1 Å². The maximum absolute atomic E-state index is 12.4. The van der Waals surface area contributed by atoms with Crippen LogP contribution in [0.5, 0.6) is 0 Å². The van der Waals surface area contributed by atoms with E-state index in [0.717, 1.165) is 16.3 Å². The zero-order valence-corrected chi connectivity index (χ0v) is 16.7. The summed E-state index contributed by atoms with van der Waals surface area (Å²) < 4.78 is 5.46. The predicted octanol–water partition coefficient (Wildman–Crippen LogP) is 3.91. The van der Waals surface area contributed by atoms with Crippen LogP contribution in [-0.2, 0) is 9.53 Å². The zero-order valence-electron chi connectivity index (χ0n) is 16.7. The summed E-state index contributed by atoms with van der Waals surface area (Å²) in [7, 11) is 0. The molecule has 1 aliphatic rings. The van der Waals surface area contributed by atoms with Crippen LogP contribution in [0, 0.1) is 0 Å². The maximum Gasteiger partial charge on any atom is 0.410 e. The molecule has 0 unspecified atom stereocenters. The average Bonchev–Trinajstić information content (AvgIpc) is 2.86. The van der Waals surface area contributed by atoms with Crippen LogP contribution in [0.3, 0.4) is 0 Å². The van der Waals surface area contributed by atoms with Gasteiger partial charge in [0, 0.05) is 26.2 Å². The second kappa shape index (κ2) is 8.19. The molecule has 0 aromatic heterocycles. The largest absolute Gasteiger partial charge is 0.480 e. The first kappa shape index (κ1) is 20.1. The normalized spacial score (nSPS) is 17.2. The molecule has 150 valence electrons. The highest BCUT2D eigenvalue weighted by atomic mass is 16.6. The van der Waals surface area contributed by atoms with E-state index in [1.54, 1.807) is 4.90 Å². The standard InChI is InChI=1S/C22H28N2O4/c1-22(2,3)28-21(27)24-12-6-11-23(13-14-24)19(20(25)26)18-10-9-16-7-4-5-8-17(16)15-18/h4-5,7-10,15,19H,6,11-14H2,1-3H3,(H,25,26)/t19-/m0/s1. The number of carboxylic acid groups (broad SMARTS) is 1. The summed E-state index contributed by atoms with van der Waals surface area (Å²) >= 11 is 0. The SMILES string of the molecule is CC(C)(C)OC(=O)N1CCCN([C@H](C(=O)O)c2ccc3ccccc3c2)CC1. The Morgan fingerprint density at radius 2 is 1.71 bits per heavy atom. The smallest absolute Gasteiger partial charge is 0.410 e. The molecule has 1 atom stereocenters. The van der Waals surface area contributed by atoms with Crippen molar-refractivity contribution < 1.29 is 19.4 Å². The Kier molecular flexibility index (Phi) is 5.89. The fourth-order valence-electron chi connectivity index (χ4n) is 3.59. The van der Waals surface area contributed by atoms with Crippen LogP contribution in [0.15, 0.2) is 42.5 Å². The third-order valence-corrected chi connectivity index (χ3v) is 4.87. The van der Waals surface area contributed by atoms with Crippen molar-refractivity contribution in [2.75, 3.05) is 26.2 Å². The molecule has 0 saturated carbocycles. The molecule has 6 nitrogen and oxygen atoms in total. The number of carboxylic acids is 1. The van der Waals surface area contributed by atoms with Gasteiger partial charge in [0.05, 0.1) is 0 Å². The molecule has 1 fully saturated rings. The number of hydrogen-bond acceptors (Lipinski definition) is 4. The number of hydrogen-bond donors (Lipinski definition) is 1. The number of nitrogens with zero attached hydrogens (tertiary/aromatic N) is 2. The number of carbonyl (C=O) groups is 2. The van der Waals surface area contributed by atoms with E-state index in [4.69, 9.17) is 4.74 Å². The second-order valence-corrected chi connectivity index (χ2v) is 8.20. The van der Waals surface area contributed by atoms with Gasteiger partial charge in [-0.2, -0.15) is 0 Å². The molecule has 0 bridgehead atoms. The van der Waals surface area contributed by atoms with Crippen LogP contribution in [0.2, 0.25) is 0 Å². The van der Waals surface area contributed by atoms with Gasteiger partial charge in [-0.25, -0.2) is 4.79 Å². The summed E-state index contributed by atoms with van der Waals surface area (Å²) in [6.07, 6.45) is 0.364. The van der Waals surface area contributed by atoms with E-state index < -0.39 is 17.6 Å². The van der Waals surface area contributed by atoms with E-state index in [0.29, 0.717) is 32.6 Å². The van der Waals surface area contributed by atoms with Gasteiger partial charge in [-0.1, -0.05) is 36.4 Å². The number of benzene rings is 2. The lowest BCUT2D eigenvalue weighted by molar-refractivity contribution is -0.143. The van der Waals surface area contributed by atoms with Crippen LogP contribution in [0.4, 0.5) is 4.79 Å². The van der Waals surface area contributed by atoms with Crippen LogP contribution < -0.4 is 0 Å². The van der Waals surface area contributed by atoms with Crippen molar-refractivity contribution in [2.24, 2.45) is 0 Å². The molecular formula is C22H28N2O4. The van der Waals surface area contributed by atoms with Gasteiger partial charge in [-0.15, -0.1) is 0 Å². The summed E-state index contributed by atoms with van der Waals surface area (Å²) in [5.41, 5.74) is 0.217. The van der Waals surface area contributed by atoms with Crippen LogP contribution in [0.1, 0.15) is 38.8 Å². The van der Waals surface area contributed by atoms with Crippen molar-refractivity contribution in [3.05, 3.63) is 48.0 Å². The van der Waals surface area contributed by atoms with Crippen LogP contribution >= 0.6 is 0 Å². The first-order valence-corrected chi connectivity index (χ1v) is 9.68. The molecule has 2 aromatic carbocycles. The van der Waals surface area contributed by atoms with E-state index >= 15 is 0 Å². The molecule has 3 rings (SSSR count). The van der Waals surface area contributed by atoms with Gasteiger partial charge in [-0.3, -0.25) is 9.69 Å². The Morgan fingerprint density at radius 3 is 2.39 bits per heavy atom. The molecule has 0 radical (unpaired) electrons. The van der Waals surface area contributed by atoms with Gasteiger partial charge in [0.1, 0.15) is 11.6 Å². The Balaban J connectivity index is 1.77. The molecule has 1 heterocycles. The molecule has 1 aliphatic heterocycles. The molecule has 6 heteroatoms. The summed E-state index contributed by atoms with van der Waals surface area (Å²) in [5, 5.41) is 12.0. The molecule has 1 amide bonds. The minimum absolute atomic E-state index is 0.341. The number of rotatable bonds is 3. The van der Waals surface area contributed by atoms with Gasteiger partial charge in [-0.05, 0) is 49.6 Å². The highest BCUT2D eigenvalue weighted by Gasteiger charge is 2.31. The summed E-state index contributed by atoms with van der Waals surface area (Å²) in [6.45, 7) is 7.65. The highest BCUT2D eigenvalue weighted by Crippen LogP contribution is 2.26. The lowest BCUT2D eigenvalue weighted by atomic mass is 10.0. The molecular weight excluding hydrogens is 356 g/mol. The van der Waals surface area contributed by atoms with Crippen LogP contribution in [-0.4, -0.2) is 58.7 Å². The lowest BCUT2D eigenvalue weighted by Gasteiger charge is -2.29. The molecule has 2 aromatic rings. The highest BCUT2D eigenvalue weighted by molar-refractivity contribution is 5.85. The first-order valence-electron chi connectivity index (χ1n) is 9.68. The molecule has 1 saturated heterocycles. The van der Waals surface area contributed by atoms with E-state index in [9.17, 15) is 14.7 Å². The van der Waals surface area contributed by atoms with Crippen molar-refractivity contribution in [3.8, 4) is 0 Å². The fourth-order valence-corrected chi connectivity index (χ4v) is 3.59. The van der Waals surface area contributed by atoms with Crippen molar-refractivity contribution in [2.45, 2.75) is 38.8 Å². The Bertz CT molecular complexity index is 859. The number of carbonyl (C=O) groups excluding carboxylic acids is 1. The van der Waals surface area contributed by atoms with Crippen molar-refractivity contribution in [1.82, 2.24) is 9.80 Å². The fraction of sp³-hybridized carbons (Fsp3) is 0.455. The minimum atomic E-state index is -0.874. The van der Waals surface area contributed by atoms with Crippen molar-refractivity contribution >= 4 is 22.8 Å². The summed E-state index contributed by atoms with van der Waals surface area (Å²) in [6, 6.07) is 13.0. The van der Waals surface area contributed by atoms with Crippen molar-refractivity contribution in [3.63, 3.8) is 0 Å². The lowest BCUT2D eigenvalue weighted by Crippen LogP contribution is -2.40. The molecule has 1 N–H and O–H groups in total. The number of ether oxygens (including phenoxy) is 1. The van der Waals surface area contributed by atoms with Gasteiger partial charge < -0.3 is 14.7 Å². The Hall–Kier alpha value is -2.60. The summed E-state index contributed by atoms with van der Waals surface area (Å²) in [4.78, 5) is 28.1. The zero-order chi connectivity index (χ0) is 20.3. The van der Waals surface area contributed by atoms with E-state index in [2.05, 4.69) is 0 Å². The monoisotopic (exact) mass is 384 g/mol. The van der Waals surface area contributed by atoms with Gasteiger partial charge in [0.2, 0.25) is 0 Å². The topological polar surface area (TPSA) is 70.1 Å². The predicted molar refractivity (Wildman–Crippen MR) is 108 cm³/mol. The first-order chi connectivity index (χ1) is 13.2. The van der Waals surface area contributed by atoms with Crippen molar-refractivity contribution in [1.29, 1.82) is 0 Å². The average molecular weight is 384 g/mol. The Labute approximate surface area is 165 Å². The van der Waals surface area contributed by atoms with Gasteiger partial charge >= 0.3 is 12.1 Å². The quantitative estimate of drug-likeness (QED) is 0.869. The third-order valence-electron chi connectivity index (χ3n) is 4.87. The minimum Gasteiger partial charge on any atom is -0.480 e.